The van der Waals surface area contributed by atoms with E-state index in [1.807, 2.05) is 30.3 Å². The summed E-state index contributed by atoms with van der Waals surface area (Å²) in [4.78, 5) is 9.82. The Bertz CT molecular complexity index is 663. The van der Waals surface area contributed by atoms with E-state index in [2.05, 4.69) is 0 Å². The summed E-state index contributed by atoms with van der Waals surface area (Å²) in [6.07, 6.45) is 11.0. The van der Waals surface area contributed by atoms with E-state index < -0.39 is 0 Å². The fraction of sp³-hybridized carbons (Fsp3) is 0.500. The third-order valence-corrected chi connectivity index (χ3v) is 5.09. The number of nitrogens with zero attached hydrogens (tertiary/aromatic N) is 2. The van der Waals surface area contributed by atoms with Crippen LogP contribution in [0.15, 0.2) is 30.3 Å². The van der Waals surface area contributed by atoms with Crippen molar-refractivity contribution < 1.29 is 4.74 Å². The molecule has 2 aromatic rings. The summed E-state index contributed by atoms with van der Waals surface area (Å²) in [5.41, 5.74) is 2.47. The van der Waals surface area contributed by atoms with Crippen molar-refractivity contribution in [3.05, 3.63) is 47.4 Å². The molecule has 120 valence electrons. The normalized spacial score (nSPS) is 18.4. The number of hydrogen-bond donors (Lipinski definition) is 0. The van der Waals surface area contributed by atoms with Crippen molar-refractivity contribution in [1.29, 1.82) is 0 Å². The predicted molar refractivity (Wildman–Crippen MR) is 91.0 cm³/mol. The van der Waals surface area contributed by atoms with E-state index >= 15 is 0 Å². The van der Waals surface area contributed by atoms with Crippen LogP contribution in [0, 0.1) is 0 Å². The summed E-state index contributed by atoms with van der Waals surface area (Å²) in [5.74, 6) is 3.22. The van der Waals surface area contributed by atoms with Gasteiger partial charge in [-0.05, 0) is 50.7 Å². The second-order valence-electron chi connectivity index (χ2n) is 6.77. The molecule has 2 aliphatic carbocycles. The average molecular weight is 308 g/mol. The van der Waals surface area contributed by atoms with Crippen molar-refractivity contribution in [2.45, 2.75) is 63.7 Å². The Morgan fingerprint density at radius 1 is 0.826 bits per heavy atom. The number of aryl methyl sites for hydroxylation is 1. The molecular weight excluding hydrogens is 284 g/mol. The average Bonchev–Trinajstić information content (AvgIpc) is 2.63. The van der Waals surface area contributed by atoms with Gasteiger partial charge in [-0.25, -0.2) is 4.98 Å². The molecule has 0 bridgehead atoms. The Morgan fingerprint density at radius 2 is 1.61 bits per heavy atom. The second kappa shape index (κ2) is 6.69. The molecule has 1 fully saturated rings. The first-order valence-corrected chi connectivity index (χ1v) is 9.03. The van der Waals surface area contributed by atoms with Crippen molar-refractivity contribution in [2.24, 2.45) is 0 Å². The van der Waals surface area contributed by atoms with E-state index in [9.17, 15) is 0 Å². The number of para-hydroxylation sites is 1. The minimum atomic E-state index is 0.522. The number of hydrogen-bond acceptors (Lipinski definition) is 3. The van der Waals surface area contributed by atoms with Crippen LogP contribution in [-0.2, 0) is 12.8 Å². The van der Waals surface area contributed by atoms with Gasteiger partial charge < -0.3 is 4.74 Å². The largest absolute Gasteiger partial charge is 0.439 e. The molecule has 1 aromatic carbocycles. The molecule has 0 unspecified atom stereocenters. The van der Waals surface area contributed by atoms with Crippen molar-refractivity contribution >= 4 is 0 Å². The third kappa shape index (κ3) is 3.24. The third-order valence-electron chi connectivity index (χ3n) is 5.09. The Morgan fingerprint density at radius 3 is 2.43 bits per heavy atom. The lowest BCUT2D eigenvalue weighted by atomic mass is 9.88. The van der Waals surface area contributed by atoms with Crippen molar-refractivity contribution in [3.8, 4) is 11.6 Å². The number of fused-ring (bicyclic) bond motifs is 1. The molecule has 0 aliphatic heterocycles. The van der Waals surface area contributed by atoms with Crippen molar-refractivity contribution in [3.63, 3.8) is 0 Å². The minimum absolute atomic E-state index is 0.522. The minimum Gasteiger partial charge on any atom is -0.439 e. The summed E-state index contributed by atoms with van der Waals surface area (Å²) in [6.45, 7) is 0. The fourth-order valence-corrected chi connectivity index (χ4v) is 3.81. The van der Waals surface area contributed by atoms with E-state index in [4.69, 9.17) is 14.7 Å². The Hall–Kier alpha value is -1.90. The Labute approximate surface area is 138 Å². The molecule has 3 heteroatoms. The van der Waals surface area contributed by atoms with Gasteiger partial charge in [0.25, 0.3) is 0 Å². The van der Waals surface area contributed by atoms with Gasteiger partial charge in [0, 0.05) is 11.5 Å². The monoisotopic (exact) mass is 308 g/mol. The molecule has 23 heavy (non-hydrogen) atoms. The van der Waals surface area contributed by atoms with Gasteiger partial charge >= 0.3 is 0 Å². The molecule has 1 heterocycles. The van der Waals surface area contributed by atoms with Crippen LogP contribution in [0.4, 0.5) is 0 Å². The van der Waals surface area contributed by atoms with Crippen LogP contribution in [0.3, 0.4) is 0 Å². The molecule has 2 aliphatic rings. The standard InChI is InChI=1S/C20H24N2O/c1-3-9-15(10-4-1)19-21-18-14-8-7-13-17(18)20(22-19)23-16-11-5-2-6-12-16/h2,5-6,11-12,15H,1,3-4,7-10,13-14H2. The molecule has 1 aromatic heterocycles. The van der Waals surface area contributed by atoms with Crippen LogP contribution in [0.2, 0.25) is 0 Å². The van der Waals surface area contributed by atoms with Gasteiger partial charge in [-0.3, -0.25) is 0 Å². The number of ether oxygens (including phenoxy) is 1. The van der Waals surface area contributed by atoms with Gasteiger partial charge in [0.1, 0.15) is 11.6 Å². The van der Waals surface area contributed by atoms with Crippen LogP contribution in [-0.4, -0.2) is 9.97 Å². The van der Waals surface area contributed by atoms with Gasteiger partial charge in [-0.2, -0.15) is 4.98 Å². The highest BCUT2D eigenvalue weighted by atomic mass is 16.5. The second-order valence-corrected chi connectivity index (χ2v) is 6.77. The molecule has 0 atom stereocenters. The SMILES string of the molecule is c1ccc(Oc2nc(C3CCCCC3)nc3c2CCCC3)cc1. The zero-order valence-corrected chi connectivity index (χ0v) is 13.6. The number of rotatable bonds is 3. The fourth-order valence-electron chi connectivity index (χ4n) is 3.81. The zero-order valence-electron chi connectivity index (χ0n) is 13.6. The molecule has 0 saturated heterocycles. The smallest absolute Gasteiger partial charge is 0.226 e. The maximum absolute atomic E-state index is 6.16. The van der Waals surface area contributed by atoms with Gasteiger partial charge in [0.15, 0.2) is 0 Å². The predicted octanol–water partition coefficient (Wildman–Crippen LogP) is 5.20. The quantitative estimate of drug-likeness (QED) is 0.782. The van der Waals surface area contributed by atoms with Crippen LogP contribution < -0.4 is 4.74 Å². The highest BCUT2D eigenvalue weighted by Gasteiger charge is 2.24. The zero-order chi connectivity index (χ0) is 15.5. The van der Waals surface area contributed by atoms with E-state index in [1.165, 1.54) is 56.2 Å². The van der Waals surface area contributed by atoms with Crippen molar-refractivity contribution in [2.75, 3.05) is 0 Å². The summed E-state index contributed by atoms with van der Waals surface area (Å²) in [7, 11) is 0. The number of aromatic nitrogens is 2. The van der Waals surface area contributed by atoms with Gasteiger partial charge in [0.05, 0.1) is 5.69 Å². The lowest BCUT2D eigenvalue weighted by Gasteiger charge is -2.24. The maximum Gasteiger partial charge on any atom is 0.226 e. The van der Waals surface area contributed by atoms with E-state index in [0.29, 0.717) is 5.92 Å². The van der Waals surface area contributed by atoms with Gasteiger partial charge in [-0.1, -0.05) is 37.5 Å². The molecule has 0 amide bonds. The topological polar surface area (TPSA) is 35.0 Å². The van der Waals surface area contributed by atoms with Gasteiger partial charge in [0.2, 0.25) is 5.88 Å². The molecular formula is C20H24N2O. The summed E-state index contributed by atoms with van der Waals surface area (Å²) >= 11 is 0. The van der Waals surface area contributed by atoms with E-state index in [-0.39, 0.29) is 0 Å². The van der Waals surface area contributed by atoms with Crippen LogP contribution in [0.1, 0.15) is 67.9 Å². The highest BCUT2D eigenvalue weighted by molar-refractivity contribution is 5.37. The molecule has 0 N–H and O–H groups in total. The van der Waals surface area contributed by atoms with E-state index in [1.54, 1.807) is 0 Å². The molecule has 4 rings (SSSR count). The van der Waals surface area contributed by atoms with E-state index in [0.717, 1.165) is 30.3 Å². The lowest BCUT2D eigenvalue weighted by molar-refractivity contribution is 0.406. The molecule has 0 spiro atoms. The first-order chi connectivity index (χ1) is 11.4. The summed E-state index contributed by atoms with van der Waals surface area (Å²) < 4.78 is 6.16. The number of benzene rings is 1. The Kier molecular flexibility index (Phi) is 4.27. The molecule has 3 nitrogen and oxygen atoms in total. The summed E-state index contributed by atoms with van der Waals surface area (Å²) in [6, 6.07) is 10.0. The summed E-state index contributed by atoms with van der Waals surface area (Å²) in [5, 5.41) is 0. The first-order valence-electron chi connectivity index (χ1n) is 9.03. The Balaban J connectivity index is 1.70. The lowest BCUT2D eigenvalue weighted by Crippen LogP contribution is -2.15. The molecule has 1 saturated carbocycles. The van der Waals surface area contributed by atoms with Crippen molar-refractivity contribution in [1.82, 2.24) is 9.97 Å². The van der Waals surface area contributed by atoms with Crippen LogP contribution in [0.25, 0.3) is 0 Å². The van der Waals surface area contributed by atoms with Crippen LogP contribution in [0.5, 0.6) is 11.6 Å². The molecule has 0 radical (unpaired) electrons. The first kappa shape index (κ1) is 14.7. The van der Waals surface area contributed by atoms with Gasteiger partial charge in [-0.15, -0.1) is 0 Å². The highest BCUT2D eigenvalue weighted by Crippen LogP contribution is 2.35. The van der Waals surface area contributed by atoms with Crippen LogP contribution >= 0.6 is 0 Å². The maximum atomic E-state index is 6.16.